The molecule has 114 valence electrons. The minimum atomic E-state index is -0.0589. The van der Waals surface area contributed by atoms with Gasteiger partial charge in [-0.2, -0.15) is 0 Å². The smallest absolute Gasteiger partial charge is 0.306 e. The van der Waals surface area contributed by atoms with Crippen LogP contribution in [0.25, 0.3) is 10.8 Å². The molecule has 0 saturated carbocycles. The number of rotatable bonds is 3. The fourth-order valence-corrected chi connectivity index (χ4v) is 4.30. The van der Waals surface area contributed by atoms with Crippen LogP contribution in [0.15, 0.2) is 24.3 Å². The lowest BCUT2D eigenvalue weighted by molar-refractivity contribution is -0.143. The van der Waals surface area contributed by atoms with Crippen molar-refractivity contribution in [1.82, 2.24) is 0 Å². The van der Waals surface area contributed by atoms with Gasteiger partial charge in [0.1, 0.15) is 0 Å². The fourth-order valence-electron chi connectivity index (χ4n) is 4.30. The third kappa shape index (κ3) is 2.13. The van der Waals surface area contributed by atoms with Gasteiger partial charge in [-0.3, -0.25) is 4.79 Å². The molecule has 1 atom stereocenters. The predicted molar refractivity (Wildman–Crippen MR) is 88.3 cm³/mol. The summed E-state index contributed by atoms with van der Waals surface area (Å²) in [5, 5.41) is 2.95. The average molecular weight is 294 g/mol. The van der Waals surface area contributed by atoms with E-state index in [9.17, 15) is 4.79 Å². The molecule has 0 spiro atoms. The van der Waals surface area contributed by atoms with Crippen LogP contribution in [0, 0.1) is 0 Å². The van der Waals surface area contributed by atoms with Crippen LogP contribution in [0.1, 0.15) is 54.4 Å². The van der Waals surface area contributed by atoms with Crippen molar-refractivity contribution in [2.75, 3.05) is 6.61 Å². The molecule has 0 saturated heterocycles. The highest BCUT2D eigenvalue weighted by molar-refractivity contribution is 5.96. The molecule has 2 aromatic carbocycles. The lowest BCUT2D eigenvalue weighted by Crippen LogP contribution is -2.16. The van der Waals surface area contributed by atoms with Crippen LogP contribution in [0.3, 0.4) is 0 Å². The lowest BCUT2D eigenvalue weighted by atomic mass is 9.76. The van der Waals surface area contributed by atoms with E-state index in [1.165, 1.54) is 52.3 Å². The third-order valence-electron chi connectivity index (χ3n) is 5.26. The summed E-state index contributed by atoms with van der Waals surface area (Å²) in [5.74, 6) is 0.259. The molecule has 0 N–H and O–H groups in total. The molecule has 0 aliphatic heterocycles. The Morgan fingerprint density at radius 1 is 1.05 bits per heavy atom. The molecular weight excluding hydrogens is 272 g/mol. The van der Waals surface area contributed by atoms with Crippen LogP contribution in [0.4, 0.5) is 0 Å². The van der Waals surface area contributed by atoms with Crippen molar-refractivity contribution >= 4 is 16.7 Å². The van der Waals surface area contributed by atoms with Gasteiger partial charge in [0.05, 0.1) is 13.0 Å². The van der Waals surface area contributed by atoms with Crippen LogP contribution >= 0.6 is 0 Å². The Labute approximate surface area is 131 Å². The second kappa shape index (κ2) is 5.42. The Morgan fingerprint density at radius 2 is 1.73 bits per heavy atom. The van der Waals surface area contributed by atoms with Crippen LogP contribution < -0.4 is 0 Å². The number of carbonyl (C=O) groups is 1. The van der Waals surface area contributed by atoms with Crippen LogP contribution in [0.2, 0.25) is 0 Å². The molecule has 2 heteroatoms. The monoisotopic (exact) mass is 294 g/mol. The van der Waals surface area contributed by atoms with E-state index in [4.69, 9.17) is 4.74 Å². The number of benzene rings is 2. The SMILES string of the molecule is CCOC(=O)CC1CCc2ccc3c4c(ccc1c24)CCC3. The summed E-state index contributed by atoms with van der Waals surface area (Å²) in [5.41, 5.74) is 5.84. The molecule has 0 radical (unpaired) electrons. The highest BCUT2D eigenvalue weighted by Gasteiger charge is 2.27. The first-order chi connectivity index (χ1) is 10.8. The van der Waals surface area contributed by atoms with Crippen molar-refractivity contribution in [3.05, 3.63) is 46.5 Å². The van der Waals surface area contributed by atoms with Crippen molar-refractivity contribution < 1.29 is 9.53 Å². The summed E-state index contributed by atoms with van der Waals surface area (Å²) in [6.45, 7) is 2.35. The molecule has 0 bridgehead atoms. The summed E-state index contributed by atoms with van der Waals surface area (Å²) >= 11 is 0. The van der Waals surface area contributed by atoms with Crippen molar-refractivity contribution in [3.63, 3.8) is 0 Å². The first kappa shape index (κ1) is 13.8. The fraction of sp³-hybridized carbons (Fsp3) is 0.450. The number of carbonyl (C=O) groups excluding carboxylic acids is 1. The number of hydrogen-bond donors (Lipinski definition) is 0. The van der Waals surface area contributed by atoms with Gasteiger partial charge in [0.2, 0.25) is 0 Å². The van der Waals surface area contributed by atoms with E-state index in [1.807, 2.05) is 6.92 Å². The van der Waals surface area contributed by atoms with E-state index >= 15 is 0 Å². The van der Waals surface area contributed by atoms with Gasteiger partial charge in [-0.05, 0) is 78.0 Å². The zero-order chi connectivity index (χ0) is 15.1. The molecule has 0 aromatic heterocycles. The number of aryl methyl sites for hydroxylation is 3. The second-order valence-electron chi connectivity index (χ2n) is 6.55. The van der Waals surface area contributed by atoms with Crippen LogP contribution in [0.5, 0.6) is 0 Å². The van der Waals surface area contributed by atoms with Crippen molar-refractivity contribution in [1.29, 1.82) is 0 Å². The van der Waals surface area contributed by atoms with Crippen LogP contribution in [-0.2, 0) is 28.8 Å². The van der Waals surface area contributed by atoms with Crippen LogP contribution in [-0.4, -0.2) is 12.6 Å². The van der Waals surface area contributed by atoms with E-state index in [0.29, 0.717) is 18.9 Å². The summed E-state index contributed by atoms with van der Waals surface area (Å²) in [6.07, 6.45) is 6.29. The molecule has 0 heterocycles. The largest absolute Gasteiger partial charge is 0.466 e. The Kier molecular flexibility index (Phi) is 3.40. The zero-order valence-corrected chi connectivity index (χ0v) is 13.2. The van der Waals surface area contributed by atoms with Gasteiger partial charge in [0.25, 0.3) is 0 Å². The first-order valence-corrected chi connectivity index (χ1v) is 8.49. The Hall–Kier alpha value is -1.83. The Balaban J connectivity index is 1.83. The van der Waals surface area contributed by atoms with E-state index in [1.54, 1.807) is 0 Å². The molecule has 4 rings (SSSR count). The van der Waals surface area contributed by atoms with Gasteiger partial charge in [-0.1, -0.05) is 24.3 Å². The maximum absolute atomic E-state index is 11.9. The maximum Gasteiger partial charge on any atom is 0.306 e. The minimum absolute atomic E-state index is 0.0589. The van der Waals surface area contributed by atoms with E-state index in [0.717, 1.165) is 12.8 Å². The maximum atomic E-state index is 11.9. The Bertz CT molecular complexity index is 735. The van der Waals surface area contributed by atoms with Crippen molar-refractivity contribution in [3.8, 4) is 0 Å². The lowest BCUT2D eigenvalue weighted by Gasteiger charge is -2.29. The number of hydrogen-bond acceptors (Lipinski definition) is 2. The quantitative estimate of drug-likeness (QED) is 0.788. The predicted octanol–water partition coefficient (Wildman–Crippen LogP) is 4.31. The average Bonchev–Trinajstić information content (AvgIpc) is 2.54. The Morgan fingerprint density at radius 3 is 2.45 bits per heavy atom. The van der Waals surface area contributed by atoms with Gasteiger partial charge in [-0.25, -0.2) is 0 Å². The zero-order valence-electron chi connectivity index (χ0n) is 13.2. The highest BCUT2D eigenvalue weighted by Crippen LogP contribution is 2.42. The van der Waals surface area contributed by atoms with Gasteiger partial charge in [0.15, 0.2) is 0 Å². The van der Waals surface area contributed by atoms with Gasteiger partial charge in [-0.15, -0.1) is 0 Å². The summed E-state index contributed by atoms with van der Waals surface area (Å²) in [6, 6.07) is 9.22. The molecular formula is C20H22O2. The van der Waals surface area contributed by atoms with Crippen molar-refractivity contribution in [2.24, 2.45) is 0 Å². The first-order valence-electron chi connectivity index (χ1n) is 8.49. The molecule has 22 heavy (non-hydrogen) atoms. The minimum Gasteiger partial charge on any atom is -0.466 e. The summed E-state index contributed by atoms with van der Waals surface area (Å²) in [7, 11) is 0. The van der Waals surface area contributed by atoms with Gasteiger partial charge >= 0.3 is 5.97 Å². The van der Waals surface area contributed by atoms with E-state index in [2.05, 4.69) is 24.3 Å². The second-order valence-corrected chi connectivity index (χ2v) is 6.55. The molecule has 0 fully saturated rings. The standard InChI is InChI=1S/C20H22O2/c1-2-22-18(21)12-16-9-8-15-7-6-13-4-3-5-14-10-11-17(16)20(15)19(13)14/h6-7,10-11,16H,2-5,8-9,12H2,1H3. The molecule has 2 aromatic rings. The topological polar surface area (TPSA) is 26.3 Å². The highest BCUT2D eigenvalue weighted by atomic mass is 16.5. The molecule has 2 aliphatic carbocycles. The number of esters is 1. The molecule has 2 aliphatic rings. The molecule has 2 nitrogen and oxygen atoms in total. The van der Waals surface area contributed by atoms with E-state index in [-0.39, 0.29) is 5.97 Å². The summed E-state index contributed by atoms with van der Waals surface area (Å²) < 4.78 is 5.17. The molecule has 0 amide bonds. The summed E-state index contributed by atoms with van der Waals surface area (Å²) in [4.78, 5) is 11.9. The number of ether oxygens (including phenoxy) is 1. The normalized spacial score (nSPS) is 19.2. The van der Waals surface area contributed by atoms with Gasteiger partial charge < -0.3 is 4.74 Å². The molecule has 1 unspecified atom stereocenters. The van der Waals surface area contributed by atoms with Crippen molar-refractivity contribution in [2.45, 2.75) is 51.4 Å². The third-order valence-corrected chi connectivity index (χ3v) is 5.26. The van der Waals surface area contributed by atoms with E-state index < -0.39 is 0 Å². The van der Waals surface area contributed by atoms with Gasteiger partial charge in [0, 0.05) is 0 Å².